The van der Waals surface area contributed by atoms with Gasteiger partial charge in [0.05, 0.1) is 18.2 Å². The Kier molecular flexibility index (Phi) is 5.54. The largest absolute Gasteiger partial charge is 0.507 e. The third-order valence-electron chi connectivity index (χ3n) is 5.43. The number of fused-ring (bicyclic) bond motifs is 1. The number of aliphatic hydroxyl groups is 1. The van der Waals surface area contributed by atoms with Gasteiger partial charge < -0.3 is 19.5 Å². The van der Waals surface area contributed by atoms with Crippen molar-refractivity contribution in [1.82, 2.24) is 4.90 Å². The minimum Gasteiger partial charge on any atom is -0.507 e. The quantitative estimate of drug-likeness (QED) is 0.447. The molecule has 2 aromatic carbocycles. The molecule has 156 valence electrons. The number of ether oxygens (including phenoxy) is 2. The molecular formula is C23H22ClNO5. The number of halogens is 1. The molecular weight excluding hydrogens is 406 g/mol. The van der Waals surface area contributed by atoms with Crippen molar-refractivity contribution in [3.05, 3.63) is 69.8 Å². The highest BCUT2D eigenvalue weighted by atomic mass is 35.5. The van der Waals surface area contributed by atoms with Gasteiger partial charge in [-0.15, -0.1) is 0 Å². The molecule has 2 aromatic rings. The summed E-state index contributed by atoms with van der Waals surface area (Å²) in [6.45, 7) is 2.47. The standard InChI is InChI=1S/C23H22ClNO5/c1-13-11-16-12-15(5-8-18(16)30-13)21(26)19-20(14-3-6-17(24)7-4-14)25(9-10-29-2)23(28)22(19)27/h3-8,12-13,20,26H,9-11H2,1-2H3/t13-,20+/m1/s1. The van der Waals surface area contributed by atoms with E-state index in [-0.39, 0.29) is 30.6 Å². The summed E-state index contributed by atoms with van der Waals surface area (Å²) >= 11 is 6.02. The Morgan fingerprint density at radius 2 is 1.97 bits per heavy atom. The van der Waals surface area contributed by atoms with Gasteiger partial charge in [0.1, 0.15) is 17.6 Å². The molecule has 0 saturated carbocycles. The number of hydrogen-bond acceptors (Lipinski definition) is 5. The fourth-order valence-electron chi connectivity index (χ4n) is 4.02. The lowest BCUT2D eigenvalue weighted by Gasteiger charge is -2.25. The van der Waals surface area contributed by atoms with Gasteiger partial charge in [0.2, 0.25) is 0 Å². The number of carbonyl (C=O) groups is 2. The van der Waals surface area contributed by atoms with Gasteiger partial charge in [0.15, 0.2) is 0 Å². The van der Waals surface area contributed by atoms with Gasteiger partial charge >= 0.3 is 0 Å². The van der Waals surface area contributed by atoms with E-state index in [1.807, 2.05) is 13.0 Å². The predicted octanol–water partition coefficient (Wildman–Crippen LogP) is 3.73. The van der Waals surface area contributed by atoms with E-state index in [0.717, 1.165) is 17.7 Å². The maximum atomic E-state index is 12.9. The zero-order chi connectivity index (χ0) is 21.4. The van der Waals surface area contributed by atoms with Crippen LogP contribution in [0.15, 0.2) is 48.0 Å². The fraction of sp³-hybridized carbons (Fsp3) is 0.304. The summed E-state index contributed by atoms with van der Waals surface area (Å²) in [5.41, 5.74) is 2.19. The van der Waals surface area contributed by atoms with Crippen molar-refractivity contribution in [2.45, 2.75) is 25.5 Å². The molecule has 1 amide bonds. The molecule has 0 bridgehead atoms. The molecule has 4 rings (SSSR count). The average Bonchev–Trinajstić information content (AvgIpc) is 3.22. The molecule has 2 atom stereocenters. The first-order valence-corrected chi connectivity index (χ1v) is 10.1. The minimum atomic E-state index is -0.721. The maximum absolute atomic E-state index is 12.9. The van der Waals surface area contributed by atoms with Crippen LogP contribution in [0, 0.1) is 0 Å². The van der Waals surface area contributed by atoms with E-state index < -0.39 is 17.7 Å². The molecule has 2 aliphatic heterocycles. The van der Waals surface area contributed by atoms with Crippen LogP contribution in [0.5, 0.6) is 5.75 Å². The predicted molar refractivity (Wildman–Crippen MR) is 113 cm³/mol. The van der Waals surface area contributed by atoms with Crippen LogP contribution < -0.4 is 4.74 Å². The van der Waals surface area contributed by atoms with Gasteiger partial charge in [-0.25, -0.2) is 0 Å². The molecule has 30 heavy (non-hydrogen) atoms. The lowest BCUT2D eigenvalue weighted by Crippen LogP contribution is -2.32. The van der Waals surface area contributed by atoms with Gasteiger partial charge in [0, 0.05) is 30.7 Å². The molecule has 7 heteroatoms. The summed E-state index contributed by atoms with van der Waals surface area (Å²) in [5, 5.41) is 11.7. The molecule has 0 radical (unpaired) electrons. The van der Waals surface area contributed by atoms with Crippen LogP contribution in [0.25, 0.3) is 5.76 Å². The lowest BCUT2D eigenvalue weighted by atomic mass is 9.94. The van der Waals surface area contributed by atoms with Crippen LogP contribution in [0.1, 0.15) is 29.7 Å². The number of carbonyl (C=O) groups excluding carboxylic acids is 2. The van der Waals surface area contributed by atoms with Gasteiger partial charge in [0.25, 0.3) is 11.7 Å². The molecule has 0 spiro atoms. The summed E-state index contributed by atoms with van der Waals surface area (Å²) in [4.78, 5) is 27.1. The topological polar surface area (TPSA) is 76.1 Å². The van der Waals surface area contributed by atoms with Crippen LogP contribution >= 0.6 is 11.6 Å². The third kappa shape index (κ3) is 3.57. The summed E-state index contributed by atoms with van der Waals surface area (Å²) in [7, 11) is 1.53. The summed E-state index contributed by atoms with van der Waals surface area (Å²) < 4.78 is 10.8. The third-order valence-corrected chi connectivity index (χ3v) is 5.68. The van der Waals surface area contributed by atoms with Crippen LogP contribution in [0.4, 0.5) is 0 Å². The van der Waals surface area contributed by atoms with Crippen molar-refractivity contribution in [3.63, 3.8) is 0 Å². The van der Waals surface area contributed by atoms with Crippen LogP contribution in [0.2, 0.25) is 5.02 Å². The molecule has 2 aliphatic rings. The maximum Gasteiger partial charge on any atom is 0.295 e. The van der Waals surface area contributed by atoms with Crippen molar-refractivity contribution in [2.75, 3.05) is 20.3 Å². The second-order valence-corrected chi connectivity index (χ2v) is 7.93. The molecule has 6 nitrogen and oxygen atoms in total. The van der Waals surface area contributed by atoms with Crippen molar-refractivity contribution in [2.24, 2.45) is 0 Å². The highest BCUT2D eigenvalue weighted by Crippen LogP contribution is 2.40. The Bertz CT molecular complexity index is 1030. The summed E-state index contributed by atoms with van der Waals surface area (Å²) in [6.07, 6.45) is 0.783. The lowest BCUT2D eigenvalue weighted by molar-refractivity contribution is -0.140. The van der Waals surface area contributed by atoms with E-state index in [2.05, 4.69) is 0 Å². The number of likely N-dealkylation sites (tertiary alicyclic amines) is 1. The first-order chi connectivity index (χ1) is 14.4. The van der Waals surface area contributed by atoms with Crippen molar-refractivity contribution in [3.8, 4) is 5.75 Å². The Morgan fingerprint density at radius 3 is 2.67 bits per heavy atom. The van der Waals surface area contributed by atoms with Crippen molar-refractivity contribution >= 4 is 29.1 Å². The highest BCUT2D eigenvalue weighted by molar-refractivity contribution is 6.46. The molecule has 0 unspecified atom stereocenters. The number of benzene rings is 2. The second kappa shape index (κ2) is 8.13. The Balaban J connectivity index is 1.82. The highest BCUT2D eigenvalue weighted by Gasteiger charge is 2.45. The number of hydrogen-bond donors (Lipinski definition) is 1. The normalized spacial score (nSPS) is 22.3. The van der Waals surface area contributed by atoms with Gasteiger partial charge in [-0.3, -0.25) is 9.59 Å². The second-order valence-electron chi connectivity index (χ2n) is 7.49. The smallest absolute Gasteiger partial charge is 0.295 e. The number of ketones is 1. The molecule has 1 fully saturated rings. The summed E-state index contributed by atoms with van der Waals surface area (Å²) in [5.74, 6) is -0.801. The van der Waals surface area contributed by atoms with Crippen LogP contribution in [-0.4, -0.2) is 48.1 Å². The number of nitrogens with zero attached hydrogens (tertiary/aromatic N) is 1. The Hall–Kier alpha value is -2.83. The molecule has 0 aliphatic carbocycles. The number of Topliss-reactive ketones (excluding diaryl/α,β-unsaturated/α-hetero) is 1. The minimum absolute atomic E-state index is 0.0605. The number of rotatable bonds is 5. The zero-order valence-electron chi connectivity index (χ0n) is 16.7. The van der Waals surface area contributed by atoms with E-state index in [9.17, 15) is 14.7 Å². The summed E-state index contributed by atoms with van der Waals surface area (Å²) in [6, 6.07) is 11.5. The van der Waals surface area contributed by atoms with Crippen LogP contribution in [-0.2, 0) is 20.7 Å². The number of methoxy groups -OCH3 is 1. The average molecular weight is 428 g/mol. The van der Waals surface area contributed by atoms with E-state index in [1.54, 1.807) is 36.4 Å². The number of aliphatic hydroxyl groups excluding tert-OH is 1. The van der Waals surface area contributed by atoms with E-state index in [4.69, 9.17) is 21.1 Å². The monoisotopic (exact) mass is 427 g/mol. The van der Waals surface area contributed by atoms with Gasteiger partial charge in [-0.2, -0.15) is 0 Å². The molecule has 1 N–H and O–H groups in total. The van der Waals surface area contributed by atoms with Crippen molar-refractivity contribution < 1.29 is 24.2 Å². The van der Waals surface area contributed by atoms with E-state index in [1.165, 1.54) is 12.0 Å². The van der Waals surface area contributed by atoms with Crippen molar-refractivity contribution in [1.29, 1.82) is 0 Å². The van der Waals surface area contributed by atoms with Crippen LogP contribution in [0.3, 0.4) is 0 Å². The zero-order valence-corrected chi connectivity index (χ0v) is 17.5. The first kappa shape index (κ1) is 20.4. The molecule has 2 heterocycles. The molecule has 0 aromatic heterocycles. The van der Waals surface area contributed by atoms with E-state index in [0.29, 0.717) is 16.1 Å². The van der Waals surface area contributed by atoms with Gasteiger partial charge in [-0.1, -0.05) is 23.7 Å². The first-order valence-electron chi connectivity index (χ1n) is 9.73. The molecule has 1 saturated heterocycles. The number of amides is 1. The van der Waals surface area contributed by atoms with E-state index >= 15 is 0 Å². The Morgan fingerprint density at radius 1 is 1.23 bits per heavy atom. The van der Waals surface area contributed by atoms with Gasteiger partial charge in [-0.05, 0) is 48.4 Å². The SMILES string of the molecule is COCCN1C(=O)C(=O)C(=C(O)c2ccc3c(c2)C[C@@H](C)O3)[C@@H]1c1ccc(Cl)cc1. The Labute approximate surface area is 179 Å². The fourth-order valence-corrected chi connectivity index (χ4v) is 4.14.